The van der Waals surface area contributed by atoms with Gasteiger partial charge in [0.25, 0.3) is 5.91 Å². The molecule has 0 N–H and O–H groups in total. The van der Waals surface area contributed by atoms with Crippen molar-refractivity contribution in [2.45, 2.75) is 26.3 Å². The minimum atomic E-state index is 0.0610. The number of nitrogens with zero attached hydrogens (tertiary/aromatic N) is 3. The zero-order chi connectivity index (χ0) is 23.7. The predicted octanol–water partition coefficient (Wildman–Crippen LogP) is 4.30. The molecule has 3 aromatic rings. The van der Waals surface area contributed by atoms with Gasteiger partial charge >= 0.3 is 0 Å². The van der Waals surface area contributed by atoms with E-state index in [9.17, 15) is 9.59 Å². The molecule has 176 valence electrons. The molecule has 0 aliphatic carbocycles. The second-order valence-corrected chi connectivity index (χ2v) is 10.3. The van der Waals surface area contributed by atoms with Crippen LogP contribution in [0.25, 0.3) is 0 Å². The number of hydrogen-bond acceptors (Lipinski definition) is 4. The Balaban J connectivity index is 1.27. The highest BCUT2D eigenvalue weighted by atomic mass is 32.1. The molecule has 1 fully saturated rings. The predicted molar refractivity (Wildman–Crippen MR) is 136 cm³/mol. The van der Waals surface area contributed by atoms with Crippen molar-refractivity contribution in [1.82, 2.24) is 14.7 Å². The number of fused-ring (bicyclic) bond motifs is 1. The van der Waals surface area contributed by atoms with Gasteiger partial charge in [-0.25, -0.2) is 0 Å². The molecule has 6 heteroatoms. The van der Waals surface area contributed by atoms with Crippen molar-refractivity contribution in [2.75, 3.05) is 39.3 Å². The Morgan fingerprint density at radius 3 is 2.24 bits per heavy atom. The average Bonchev–Trinajstić information content (AvgIpc) is 3.33. The molecule has 2 aliphatic rings. The zero-order valence-electron chi connectivity index (χ0n) is 19.9. The molecule has 1 aromatic heterocycles. The molecule has 2 aromatic carbocycles. The number of thiophene rings is 1. The maximum Gasteiger partial charge on any atom is 0.254 e. The number of piperazine rings is 1. The van der Waals surface area contributed by atoms with Crippen LogP contribution in [0.1, 0.15) is 43.5 Å². The van der Waals surface area contributed by atoms with E-state index in [1.807, 2.05) is 52.3 Å². The summed E-state index contributed by atoms with van der Waals surface area (Å²) in [5.41, 5.74) is 5.62. The van der Waals surface area contributed by atoms with Crippen molar-refractivity contribution in [3.63, 3.8) is 0 Å². The van der Waals surface area contributed by atoms with Gasteiger partial charge in [-0.1, -0.05) is 42.5 Å². The Kier molecular flexibility index (Phi) is 6.53. The second-order valence-electron chi connectivity index (χ2n) is 9.27. The first-order valence-corrected chi connectivity index (χ1v) is 12.9. The van der Waals surface area contributed by atoms with Crippen LogP contribution in [0.3, 0.4) is 0 Å². The number of rotatable bonds is 4. The number of aryl methyl sites for hydroxylation is 2. The molecule has 2 amide bonds. The number of benzene rings is 2. The van der Waals surface area contributed by atoms with Gasteiger partial charge in [-0.15, -0.1) is 11.3 Å². The van der Waals surface area contributed by atoms with Gasteiger partial charge in [0.05, 0.1) is 12.6 Å². The minimum Gasteiger partial charge on any atom is -0.338 e. The number of amides is 2. The first kappa shape index (κ1) is 22.8. The van der Waals surface area contributed by atoms with Gasteiger partial charge in [0, 0.05) is 43.2 Å². The lowest BCUT2D eigenvalue weighted by atomic mass is 9.90. The van der Waals surface area contributed by atoms with Crippen molar-refractivity contribution >= 4 is 23.2 Å². The van der Waals surface area contributed by atoms with Crippen molar-refractivity contribution in [2.24, 2.45) is 0 Å². The molecule has 0 spiro atoms. The smallest absolute Gasteiger partial charge is 0.254 e. The Morgan fingerprint density at radius 1 is 0.824 bits per heavy atom. The molecule has 0 saturated carbocycles. The van der Waals surface area contributed by atoms with E-state index in [1.165, 1.54) is 21.6 Å². The maximum atomic E-state index is 13.4. The van der Waals surface area contributed by atoms with Crippen LogP contribution in [0, 0.1) is 13.8 Å². The lowest BCUT2D eigenvalue weighted by Crippen LogP contribution is -2.53. The first-order chi connectivity index (χ1) is 16.5. The van der Waals surface area contributed by atoms with E-state index in [2.05, 4.69) is 47.5 Å². The summed E-state index contributed by atoms with van der Waals surface area (Å²) in [5, 5.41) is 2.17. The standard InChI is InChI=1S/C28H31N3O2S/c1-20-7-3-5-9-22(20)27-24-12-18-34-25(24)11-13-31(27)19-26(32)29-14-16-30(17-15-29)28(33)23-10-6-4-8-21(23)2/h3-10,12,18,27H,11,13-17,19H2,1-2H3. The molecule has 0 bridgehead atoms. The van der Waals surface area contributed by atoms with Crippen molar-refractivity contribution in [1.29, 1.82) is 0 Å². The Hall–Kier alpha value is -2.96. The Morgan fingerprint density at radius 2 is 1.50 bits per heavy atom. The van der Waals surface area contributed by atoms with Crippen LogP contribution in [0.2, 0.25) is 0 Å². The molecule has 1 atom stereocenters. The van der Waals surface area contributed by atoms with Gasteiger partial charge in [-0.2, -0.15) is 0 Å². The number of carbonyl (C=O) groups excluding carboxylic acids is 2. The van der Waals surface area contributed by atoms with Crippen molar-refractivity contribution in [3.8, 4) is 0 Å². The summed E-state index contributed by atoms with van der Waals surface area (Å²) in [6.07, 6.45) is 0.987. The lowest BCUT2D eigenvalue weighted by molar-refractivity contribution is -0.134. The van der Waals surface area contributed by atoms with Gasteiger partial charge in [0.2, 0.25) is 5.91 Å². The topological polar surface area (TPSA) is 43.9 Å². The molecule has 5 nitrogen and oxygen atoms in total. The summed E-state index contributed by atoms with van der Waals surface area (Å²) >= 11 is 1.82. The van der Waals surface area contributed by atoms with Crippen molar-refractivity contribution in [3.05, 3.63) is 92.7 Å². The summed E-state index contributed by atoms with van der Waals surface area (Å²) in [4.78, 5) is 33.9. The average molecular weight is 474 g/mol. The molecule has 1 saturated heterocycles. The van der Waals surface area contributed by atoms with Gasteiger partial charge < -0.3 is 9.80 Å². The quantitative estimate of drug-likeness (QED) is 0.568. The van der Waals surface area contributed by atoms with Crippen LogP contribution in [-0.2, 0) is 11.2 Å². The Bertz CT molecular complexity index is 1200. The molecular weight excluding hydrogens is 442 g/mol. The SMILES string of the molecule is Cc1ccccc1C(=O)N1CCN(C(=O)CN2CCc3sccc3C2c2ccccc2C)CC1. The molecule has 1 unspecified atom stereocenters. The van der Waals surface area contributed by atoms with Crippen LogP contribution >= 0.6 is 11.3 Å². The third kappa shape index (κ3) is 4.40. The lowest BCUT2D eigenvalue weighted by Gasteiger charge is -2.39. The molecule has 2 aliphatic heterocycles. The van der Waals surface area contributed by atoms with Gasteiger partial charge in [0.1, 0.15) is 0 Å². The van der Waals surface area contributed by atoms with Crippen LogP contribution in [0.15, 0.2) is 60.0 Å². The highest BCUT2D eigenvalue weighted by molar-refractivity contribution is 7.10. The summed E-state index contributed by atoms with van der Waals surface area (Å²) in [7, 11) is 0. The number of carbonyl (C=O) groups is 2. The van der Waals surface area contributed by atoms with Crippen molar-refractivity contribution < 1.29 is 9.59 Å². The van der Waals surface area contributed by atoms with Crippen LogP contribution < -0.4 is 0 Å². The van der Waals surface area contributed by atoms with E-state index in [4.69, 9.17) is 0 Å². The fourth-order valence-electron chi connectivity index (χ4n) is 5.21. The van der Waals surface area contributed by atoms with E-state index in [0.29, 0.717) is 32.7 Å². The minimum absolute atomic E-state index is 0.0610. The first-order valence-electron chi connectivity index (χ1n) is 12.0. The molecule has 34 heavy (non-hydrogen) atoms. The molecule has 3 heterocycles. The third-order valence-electron chi connectivity index (χ3n) is 7.18. The summed E-state index contributed by atoms with van der Waals surface area (Å²) in [5.74, 6) is 0.214. The van der Waals surface area contributed by atoms with Gasteiger partial charge in [-0.3, -0.25) is 14.5 Å². The highest BCUT2D eigenvalue weighted by Gasteiger charge is 2.33. The normalized spacial score (nSPS) is 18.6. The highest BCUT2D eigenvalue weighted by Crippen LogP contribution is 2.38. The van der Waals surface area contributed by atoms with Gasteiger partial charge in [0.15, 0.2) is 0 Å². The second kappa shape index (κ2) is 9.72. The molecule has 5 rings (SSSR count). The number of hydrogen-bond donors (Lipinski definition) is 0. The maximum absolute atomic E-state index is 13.4. The molecular formula is C28H31N3O2S. The van der Waals surface area contributed by atoms with E-state index >= 15 is 0 Å². The fourth-order valence-corrected chi connectivity index (χ4v) is 6.12. The summed E-state index contributed by atoms with van der Waals surface area (Å²) in [6.45, 7) is 7.73. The Labute approximate surface area is 205 Å². The van der Waals surface area contributed by atoms with Crippen LogP contribution in [0.5, 0.6) is 0 Å². The summed E-state index contributed by atoms with van der Waals surface area (Å²) in [6, 6.07) is 18.6. The third-order valence-corrected chi connectivity index (χ3v) is 8.18. The monoisotopic (exact) mass is 473 g/mol. The van der Waals surface area contributed by atoms with Crippen LogP contribution in [0.4, 0.5) is 0 Å². The van der Waals surface area contributed by atoms with Crippen LogP contribution in [-0.4, -0.2) is 65.8 Å². The van der Waals surface area contributed by atoms with E-state index < -0.39 is 0 Å². The largest absolute Gasteiger partial charge is 0.338 e. The van der Waals surface area contributed by atoms with E-state index in [-0.39, 0.29) is 17.9 Å². The summed E-state index contributed by atoms with van der Waals surface area (Å²) < 4.78 is 0. The van der Waals surface area contributed by atoms with Gasteiger partial charge in [-0.05, 0) is 60.0 Å². The fraction of sp³-hybridized carbons (Fsp3) is 0.357. The van der Waals surface area contributed by atoms with E-state index in [0.717, 1.165) is 24.1 Å². The van der Waals surface area contributed by atoms with E-state index in [1.54, 1.807) is 0 Å². The zero-order valence-corrected chi connectivity index (χ0v) is 20.7. The molecule has 0 radical (unpaired) electrons.